The Balaban J connectivity index is 1.82. The van der Waals surface area contributed by atoms with Gasteiger partial charge in [0.05, 0.1) is 16.8 Å². The van der Waals surface area contributed by atoms with Crippen molar-refractivity contribution in [1.82, 2.24) is 5.32 Å². The molecule has 0 atom stereocenters. The number of carbonyl (C=O) groups excluding carboxylic acids is 1. The van der Waals surface area contributed by atoms with Crippen LogP contribution in [0.3, 0.4) is 0 Å². The number of carboxylic acids is 1. The Bertz CT molecular complexity index is 653. The van der Waals surface area contributed by atoms with Crippen LogP contribution < -0.4 is 5.32 Å². The fourth-order valence-corrected chi connectivity index (χ4v) is 4.04. The fourth-order valence-electron chi connectivity index (χ4n) is 3.08. The molecule has 0 spiro atoms. The van der Waals surface area contributed by atoms with Crippen LogP contribution in [0.2, 0.25) is 0 Å². The minimum absolute atomic E-state index is 0.00361. The summed E-state index contributed by atoms with van der Waals surface area (Å²) < 4.78 is 1.07. The molecule has 0 unspecified atom stereocenters. The first-order chi connectivity index (χ1) is 10.1. The highest BCUT2D eigenvalue weighted by molar-refractivity contribution is 7.20. The lowest BCUT2D eigenvalue weighted by Gasteiger charge is -2.28. The number of fused-ring (bicyclic) bond motifs is 1. The van der Waals surface area contributed by atoms with Crippen LogP contribution in [0.4, 0.5) is 0 Å². The molecule has 0 radical (unpaired) electrons. The van der Waals surface area contributed by atoms with Crippen LogP contribution in [0.5, 0.6) is 0 Å². The summed E-state index contributed by atoms with van der Waals surface area (Å²) in [6, 6.07) is 9.73. The van der Waals surface area contributed by atoms with Crippen molar-refractivity contribution in [3.63, 3.8) is 0 Å². The Hall–Kier alpha value is -1.88. The molecule has 3 rings (SSSR count). The maximum atomic E-state index is 12.5. The highest BCUT2D eigenvalue weighted by Gasteiger charge is 2.37. The third-order valence-electron chi connectivity index (χ3n) is 4.08. The van der Waals surface area contributed by atoms with E-state index in [0.29, 0.717) is 4.88 Å². The third-order valence-corrected chi connectivity index (χ3v) is 5.19. The average Bonchev–Trinajstić information content (AvgIpc) is 3.04. The van der Waals surface area contributed by atoms with Crippen LogP contribution >= 0.6 is 11.3 Å². The van der Waals surface area contributed by atoms with Crippen molar-refractivity contribution < 1.29 is 14.7 Å². The topological polar surface area (TPSA) is 66.4 Å². The van der Waals surface area contributed by atoms with Crippen molar-refractivity contribution >= 4 is 33.3 Å². The zero-order valence-corrected chi connectivity index (χ0v) is 12.4. The molecule has 1 saturated carbocycles. The van der Waals surface area contributed by atoms with Crippen molar-refractivity contribution in [1.29, 1.82) is 0 Å². The van der Waals surface area contributed by atoms with Gasteiger partial charge < -0.3 is 10.4 Å². The normalized spacial score (nSPS) is 17.0. The first-order valence-electron chi connectivity index (χ1n) is 7.11. The van der Waals surface area contributed by atoms with Gasteiger partial charge in [-0.15, -0.1) is 11.3 Å². The van der Waals surface area contributed by atoms with Gasteiger partial charge in [0.25, 0.3) is 5.91 Å². The molecule has 5 heteroatoms. The summed E-state index contributed by atoms with van der Waals surface area (Å²) in [5, 5.41) is 13.1. The molecule has 1 amide bonds. The third kappa shape index (κ3) is 2.93. The predicted molar refractivity (Wildman–Crippen MR) is 82.7 cm³/mol. The minimum Gasteiger partial charge on any atom is -0.481 e. The van der Waals surface area contributed by atoms with E-state index in [4.69, 9.17) is 5.11 Å². The summed E-state index contributed by atoms with van der Waals surface area (Å²) in [5.41, 5.74) is -0.570. The highest BCUT2D eigenvalue weighted by Crippen LogP contribution is 2.34. The van der Waals surface area contributed by atoms with E-state index in [-0.39, 0.29) is 12.3 Å². The van der Waals surface area contributed by atoms with Crippen LogP contribution in [-0.4, -0.2) is 22.5 Å². The second-order valence-electron chi connectivity index (χ2n) is 5.66. The van der Waals surface area contributed by atoms with Gasteiger partial charge in [-0.2, -0.15) is 0 Å². The molecular formula is C16H17NO3S. The number of hydrogen-bond acceptors (Lipinski definition) is 3. The van der Waals surface area contributed by atoms with Gasteiger partial charge >= 0.3 is 5.97 Å². The van der Waals surface area contributed by atoms with E-state index in [9.17, 15) is 9.59 Å². The van der Waals surface area contributed by atoms with Gasteiger partial charge in [-0.25, -0.2) is 0 Å². The van der Waals surface area contributed by atoms with Gasteiger partial charge in [0.1, 0.15) is 0 Å². The maximum Gasteiger partial charge on any atom is 0.305 e. The number of benzene rings is 1. The van der Waals surface area contributed by atoms with Gasteiger partial charge in [0.2, 0.25) is 0 Å². The van der Waals surface area contributed by atoms with Crippen LogP contribution in [0, 0.1) is 0 Å². The Morgan fingerprint density at radius 3 is 2.62 bits per heavy atom. The molecule has 1 aliphatic carbocycles. The number of hydrogen-bond donors (Lipinski definition) is 2. The van der Waals surface area contributed by atoms with Crippen molar-refractivity contribution in [2.45, 2.75) is 37.6 Å². The Morgan fingerprint density at radius 1 is 1.24 bits per heavy atom. The summed E-state index contributed by atoms with van der Waals surface area (Å²) in [6.45, 7) is 0. The molecule has 1 fully saturated rings. The zero-order chi connectivity index (χ0) is 14.9. The number of thiophene rings is 1. The second kappa shape index (κ2) is 5.48. The summed E-state index contributed by atoms with van der Waals surface area (Å²) in [7, 11) is 0. The molecule has 1 aromatic heterocycles. The number of nitrogens with one attached hydrogen (secondary N) is 1. The number of rotatable bonds is 4. The van der Waals surface area contributed by atoms with Gasteiger partial charge in [-0.3, -0.25) is 9.59 Å². The zero-order valence-electron chi connectivity index (χ0n) is 11.6. The average molecular weight is 303 g/mol. The minimum atomic E-state index is -0.853. The molecule has 4 nitrogen and oxygen atoms in total. The molecule has 2 N–H and O–H groups in total. The predicted octanol–water partition coefficient (Wildman–Crippen LogP) is 3.42. The summed E-state index contributed by atoms with van der Waals surface area (Å²) in [5.74, 6) is -1.01. The van der Waals surface area contributed by atoms with E-state index in [1.54, 1.807) is 0 Å². The van der Waals surface area contributed by atoms with Crippen LogP contribution in [0.15, 0.2) is 30.3 Å². The summed E-state index contributed by atoms with van der Waals surface area (Å²) in [6.07, 6.45) is 3.44. The number of carbonyl (C=O) groups is 2. The van der Waals surface area contributed by atoms with Crippen molar-refractivity contribution in [3.8, 4) is 0 Å². The molecule has 110 valence electrons. The van der Waals surface area contributed by atoms with Gasteiger partial charge in [-0.1, -0.05) is 31.0 Å². The van der Waals surface area contributed by atoms with Crippen LogP contribution in [0.25, 0.3) is 10.1 Å². The summed E-state index contributed by atoms with van der Waals surface area (Å²) in [4.78, 5) is 24.2. The van der Waals surface area contributed by atoms with E-state index in [1.807, 2.05) is 30.3 Å². The molecule has 21 heavy (non-hydrogen) atoms. The number of aliphatic carboxylic acids is 1. The Kier molecular flexibility index (Phi) is 3.68. The van der Waals surface area contributed by atoms with Gasteiger partial charge in [0, 0.05) is 4.70 Å². The number of amides is 1. The molecule has 2 aromatic rings. The molecule has 0 aliphatic heterocycles. The van der Waals surface area contributed by atoms with E-state index in [0.717, 1.165) is 35.8 Å². The lowest BCUT2D eigenvalue weighted by Crippen LogP contribution is -2.47. The van der Waals surface area contributed by atoms with Gasteiger partial charge in [-0.05, 0) is 30.4 Å². The standard InChI is InChI=1S/C16H17NO3S/c18-14(19)10-16(7-3-4-8-16)17-15(20)13-9-11-5-1-2-6-12(11)21-13/h1-2,5-6,9H,3-4,7-8,10H2,(H,17,20)(H,18,19). The second-order valence-corrected chi connectivity index (χ2v) is 6.74. The number of carboxylic acid groups (broad SMARTS) is 1. The Labute approximate surface area is 126 Å². The van der Waals surface area contributed by atoms with E-state index in [2.05, 4.69) is 5.32 Å². The quantitative estimate of drug-likeness (QED) is 0.909. The van der Waals surface area contributed by atoms with Crippen LogP contribution in [-0.2, 0) is 4.79 Å². The molecule has 0 saturated heterocycles. The van der Waals surface area contributed by atoms with E-state index < -0.39 is 11.5 Å². The smallest absolute Gasteiger partial charge is 0.305 e. The monoisotopic (exact) mass is 303 g/mol. The SMILES string of the molecule is O=C(O)CC1(NC(=O)c2cc3ccccc3s2)CCCC1. The van der Waals surface area contributed by atoms with Crippen molar-refractivity contribution in [2.75, 3.05) is 0 Å². The van der Waals surface area contributed by atoms with Crippen molar-refractivity contribution in [2.24, 2.45) is 0 Å². The highest BCUT2D eigenvalue weighted by atomic mass is 32.1. The molecule has 0 bridgehead atoms. The van der Waals surface area contributed by atoms with Crippen molar-refractivity contribution in [3.05, 3.63) is 35.2 Å². The first-order valence-corrected chi connectivity index (χ1v) is 7.93. The molecular weight excluding hydrogens is 286 g/mol. The largest absolute Gasteiger partial charge is 0.481 e. The fraction of sp³-hybridized carbons (Fsp3) is 0.375. The van der Waals surface area contributed by atoms with Crippen LogP contribution in [0.1, 0.15) is 41.8 Å². The van der Waals surface area contributed by atoms with E-state index in [1.165, 1.54) is 11.3 Å². The first kappa shape index (κ1) is 14.1. The Morgan fingerprint density at radius 2 is 1.95 bits per heavy atom. The lowest BCUT2D eigenvalue weighted by molar-refractivity contribution is -0.138. The van der Waals surface area contributed by atoms with Gasteiger partial charge in [0.15, 0.2) is 0 Å². The molecule has 1 aromatic carbocycles. The lowest BCUT2D eigenvalue weighted by atomic mass is 9.93. The maximum absolute atomic E-state index is 12.5. The molecule has 1 heterocycles. The van der Waals surface area contributed by atoms with E-state index >= 15 is 0 Å². The summed E-state index contributed by atoms with van der Waals surface area (Å²) >= 11 is 1.45. The molecule has 1 aliphatic rings.